The van der Waals surface area contributed by atoms with E-state index < -0.39 is 5.91 Å². The van der Waals surface area contributed by atoms with E-state index in [0.717, 1.165) is 0 Å². The summed E-state index contributed by atoms with van der Waals surface area (Å²) < 4.78 is 6.08. The third-order valence-corrected chi connectivity index (χ3v) is 2.51. The molecule has 0 aliphatic carbocycles. The third kappa shape index (κ3) is 3.48. The highest BCUT2D eigenvalue weighted by Crippen LogP contribution is 2.02. The lowest BCUT2D eigenvalue weighted by molar-refractivity contribution is 0.101. The van der Waals surface area contributed by atoms with Crippen molar-refractivity contribution in [2.24, 2.45) is 0 Å². The maximum Gasteiger partial charge on any atom is 0.277 e. The molecule has 7 nitrogen and oxygen atoms in total. The molecule has 0 aliphatic rings. The number of nitrogens with zero attached hydrogens (tertiary/aromatic N) is 3. The predicted molar refractivity (Wildman–Crippen MR) is 72.6 cm³/mol. The smallest absolute Gasteiger partial charge is 0.277 e. The number of carbonyl (C=O) groups excluding carboxylic acids is 1. The summed E-state index contributed by atoms with van der Waals surface area (Å²) in [6.45, 7) is 0.637. The van der Waals surface area contributed by atoms with Crippen molar-refractivity contribution in [3.8, 4) is 0 Å². The van der Waals surface area contributed by atoms with Gasteiger partial charge in [-0.25, -0.2) is 9.67 Å². The number of anilines is 1. The average Bonchev–Trinajstić information content (AvgIpc) is 2.47. The molecular formula is C13H14N4O3. The second-order valence-corrected chi connectivity index (χ2v) is 3.94. The second kappa shape index (κ2) is 6.58. The largest absolute Gasteiger partial charge is 0.383 e. The fourth-order valence-corrected chi connectivity index (χ4v) is 1.53. The van der Waals surface area contributed by atoms with Gasteiger partial charge in [0.2, 0.25) is 0 Å². The van der Waals surface area contributed by atoms with Crippen LogP contribution in [0.15, 0.2) is 41.3 Å². The Kier molecular flexibility index (Phi) is 4.56. The molecule has 7 heteroatoms. The molecule has 0 aromatic carbocycles. The minimum Gasteiger partial charge on any atom is -0.383 e. The number of hydrogen-bond donors (Lipinski definition) is 1. The molecule has 104 valence electrons. The van der Waals surface area contributed by atoms with Crippen LogP contribution in [0.5, 0.6) is 0 Å². The van der Waals surface area contributed by atoms with Crippen molar-refractivity contribution in [2.75, 3.05) is 19.0 Å². The summed E-state index contributed by atoms with van der Waals surface area (Å²) in [5.74, 6) is 0.00353. The molecule has 0 fully saturated rings. The van der Waals surface area contributed by atoms with Gasteiger partial charge in [0.05, 0.1) is 13.2 Å². The van der Waals surface area contributed by atoms with Crippen molar-refractivity contribution in [3.05, 3.63) is 52.6 Å². The van der Waals surface area contributed by atoms with Crippen LogP contribution in [0, 0.1) is 0 Å². The summed E-state index contributed by atoms with van der Waals surface area (Å²) in [5, 5.41) is 6.59. The van der Waals surface area contributed by atoms with E-state index in [1.54, 1.807) is 24.4 Å². The normalized spacial score (nSPS) is 10.2. The highest BCUT2D eigenvalue weighted by molar-refractivity contribution is 6.02. The van der Waals surface area contributed by atoms with Gasteiger partial charge in [0.1, 0.15) is 11.5 Å². The minimum absolute atomic E-state index is 0.145. The zero-order valence-corrected chi connectivity index (χ0v) is 10.9. The van der Waals surface area contributed by atoms with Crippen molar-refractivity contribution >= 4 is 11.7 Å². The molecule has 0 aliphatic heterocycles. The SMILES string of the molecule is COCCn1nc(C(=O)Nc2ccccn2)ccc1=O. The van der Waals surface area contributed by atoms with Crippen LogP contribution < -0.4 is 10.9 Å². The Morgan fingerprint density at radius 3 is 2.90 bits per heavy atom. The number of nitrogens with one attached hydrogen (secondary N) is 1. The van der Waals surface area contributed by atoms with E-state index in [-0.39, 0.29) is 11.3 Å². The Labute approximate surface area is 115 Å². The molecule has 0 atom stereocenters. The number of methoxy groups -OCH3 is 1. The molecule has 2 aromatic heterocycles. The molecule has 0 radical (unpaired) electrons. The maximum atomic E-state index is 12.0. The number of ether oxygens (including phenoxy) is 1. The van der Waals surface area contributed by atoms with Gasteiger partial charge in [-0.3, -0.25) is 9.59 Å². The van der Waals surface area contributed by atoms with E-state index in [1.165, 1.54) is 23.9 Å². The van der Waals surface area contributed by atoms with Crippen molar-refractivity contribution in [1.29, 1.82) is 0 Å². The van der Waals surface area contributed by atoms with Crippen molar-refractivity contribution in [1.82, 2.24) is 14.8 Å². The molecule has 1 N–H and O–H groups in total. The average molecular weight is 274 g/mol. The van der Waals surface area contributed by atoms with E-state index in [2.05, 4.69) is 15.4 Å². The number of aromatic nitrogens is 3. The Bertz CT molecular complexity index is 640. The highest BCUT2D eigenvalue weighted by Gasteiger charge is 2.10. The van der Waals surface area contributed by atoms with E-state index in [1.807, 2.05) is 0 Å². The molecule has 20 heavy (non-hydrogen) atoms. The van der Waals surface area contributed by atoms with Crippen LogP contribution >= 0.6 is 0 Å². The third-order valence-electron chi connectivity index (χ3n) is 2.51. The topological polar surface area (TPSA) is 86.1 Å². The van der Waals surface area contributed by atoms with Gasteiger partial charge < -0.3 is 10.1 Å². The molecule has 0 spiro atoms. The molecular weight excluding hydrogens is 260 g/mol. The molecule has 2 rings (SSSR count). The van der Waals surface area contributed by atoms with Gasteiger partial charge in [-0.05, 0) is 18.2 Å². The highest BCUT2D eigenvalue weighted by atomic mass is 16.5. The molecule has 1 amide bonds. The molecule has 0 unspecified atom stereocenters. The van der Waals surface area contributed by atoms with Gasteiger partial charge >= 0.3 is 0 Å². The number of amides is 1. The Morgan fingerprint density at radius 2 is 2.20 bits per heavy atom. The van der Waals surface area contributed by atoms with Gasteiger partial charge in [0, 0.05) is 19.4 Å². The molecule has 0 saturated heterocycles. The van der Waals surface area contributed by atoms with Crippen molar-refractivity contribution in [3.63, 3.8) is 0 Å². The van der Waals surface area contributed by atoms with E-state index in [9.17, 15) is 9.59 Å². The van der Waals surface area contributed by atoms with Crippen LogP contribution in [0.4, 0.5) is 5.82 Å². The first-order valence-electron chi connectivity index (χ1n) is 6.00. The van der Waals surface area contributed by atoms with Crippen LogP contribution in [0.25, 0.3) is 0 Å². The molecule has 0 saturated carbocycles. The summed E-state index contributed by atoms with van der Waals surface area (Å²) in [6.07, 6.45) is 1.57. The molecule has 0 bridgehead atoms. The first-order chi connectivity index (χ1) is 9.70. The molecule has 2 heterocycles. The van der Waals surface area contributed by atoms with Gasteiger partial charge in [-0.2, -0.15) is 5.10 Å². The lowest BCUT2D eigenvalue weighted by Gasteiger charge is -2.06. The van der Waals surface area contributed by atoms with Crippen molar-refractivity contribution < 1.29 is 9.53 Å². The van der Waals surface area contributed by atoms with E-state index >= 15 is 0 Å². The Hall–Kier alpha value is -2.54. The lowest BCUT2D eigenvalue weighted by atomic mass is 10.3. The van der Waals surface area contributed by atoms with E-state index in [4.69, 9.17) is 4.74 Å². The van der Waals surface area contributed by atoms with Gasteiger partial charge in [0.15, 0.2) is 0 Å². The lowest BCUT2D eigenvalue weighted by Crippen LogP contribution is -2.27. The Balaban J connectivity index is 2.16. The quantitative estimate of drug-likeness (QED) is 0.859. The summed E-state index contributed by atoms with van der Waals surface area (Å²) in [7, 11) is 1.53. The maximum absolute atomic E-state index is 12.0. The molecule has 2 aromatic rings. The first kappa shape index (κ1) is 13.9. The number of pyridine rings is 1. The summed E-state index contributed by atoms with van der Waals surface area (Å²) in [6, 6.07) is 7.85. The fraction of sp³-hybridized carbons (Fsp3) is 0.231. The summed E-state index contributed by atoms with van der Waals surface area (Å²) in [5.41, 5.74) is -0.136. The fourth-order valence-electron chi connectivity index (χ4n) is 1.53. The predicted octanol–water partition coefficient (Wildman–Crippen LogP) is 0.537. The summed E-state index contributed by atoms with van der Waals surface area (Å²) >= 11 is 0. The standard InChI is InChI=1S/C13H14N4O3/c1-20-9-8-17-12(18)6-5-10(16-17)13(19)15-11-4-2-3-7-14-11/h2-7H,8-9H2,1H3,(H,14,15,19). The monoisotopic (exact) mass is 274 g/mol. The second-order valence-electron chi connectivity index (χ2n) is 3.94. The van der Waals surface area contributed by atoms with Crippen LogP contribution in [0.2, 0.25) is 0 Å². The van der Waals surface area contributed by atoms with Crippen molar-refractivity contribution in [2.45, 2.75) is 6.54 Å². The van der Waals surface area contributed by atoms with Gasteiger partial charge in [-0.15, -0.1) is 0 Å². The number of rotatable bonds is 5. The van der Waals surface area contributed by atoms with Crippen LogP contribution in [0.1, 0.15) is 10.5 Å². The number of hydrogen-bond acceptors (Lipinski definition) is 5. The van der Waals surface area contributed by atoms with Crippen LogP contribution in [0.3, 0.4) is 0 Å². The van der Waals surface area contributed by atoms with E-state index in [0.29, 0.717) is 19.0 Å². The zero-order chi connectivity index (χ0) is 14.4. The first-order valence-corrected chi connectivity index (χ1v) is 6.00. The van der Waals surface area contributed by atoms with Gasteiger partial charge in [0.25, 0.3) is 11.5 Å². The van der Waals surface area contributed by atoms with Crippen LogP contribution in [-0.4, -0.2) is 34.4 Å². The zero-order valence-electron chi connectivity index (χ0n) is 10.9. The Morgan fingerprint density at radius 1 is 1.35 bits per heavy atom. The minimum atomic E-state index is -0.421. The van der Waals surface area contributed by atoms with Gasteiger partial charge in [-0.1, -0.05) is 6.07 Å². The number of carbonyl (C=O) groups is 1. The summed E-state index contributed by atoms with van der Waals surface area (Å²) in [4.78, 5) is 27.5. The van der Waals surface area contributed by atoms with Crippen LogP contribution in [-0.2, 0) is 11.3 Å².